The Morgan fingerprint density at radius 3 is 2.76 bits per heavy atom. The molecule has 2 N–H and O–H groups in total. The van der Waals surface area contributed by atoms with Crippen LogP contribution >= 0.6 is 0 Å². The van der Waals surface area contributed by atoms with E-state index in [1.807, 2.05) is 0 Å². The number of rotatable bonds is 6. The van der Waals surface area contributed by atoms with E-state index < -0.39 is 6.10 Å². The maximum atomic E-state index is 11.6. The van der Waals surface area contributed by atoms with Crippen molar-refractivity contribution in [2.45, 2.75) is 6.10 Å². The molecular formula is C16H17NO4. The van der Waals surface area contributed by atoms with Crippen LogP contribution in [-0.4, -0.2) is 24.7 Å². The fourth-order valence-corrected chi connectivity index (χ4v) is 1.74. The lowest BCUT2D eigenvalue weighted by atomic mass is 10.1. The number of methoxy groups -OCH3 is 1. The van der Waals surface area contributed by atoms with Crippen LogP contribution in [0.3, 0.4) is 0 Å². The van der Waals surface area contributed by atoms with E-state index in [-0.39, 0.29) is 12.5 Å². The average molecular weight is 287 g/mol. The SMILES string of the molecule is COc1ccc(C(O)CNC(=O)/C=C/c2ccco2)cc1. The van der Waals surface area contributed by atoms with Crippen molar-refractivity contribution in [2.75, 3.05) is 13.7 Å². The molecule has 2 rings (SSSR count). The molecule has 1 aromatic heterocycles. The number of carbonyl (C=O) groups is 1. The van der Waals surface area contributed by atoms with Crippen molar-refractivity contribution < 1.29 is 19.1 Å². The summed E-state index contributed by atoms with van der Waals surface area (Å²) in [5.41, 5.74) is 0.714. The van der Waals surface area contributed by atoms with Gasteiger partial charge in [-0.3, -0.25) is 4.79 Å². The Hall–Kier alpha value is -2.53. The van der Waals surface area contributed by atoms with Crippen molar-refractivity contribution in [3.63, 3.8) is 0 Å². The number of benzene rings is 1. The molecule has 0 fully saturated rings. The van der Waals surface area contributed by atoms with Crippen LogP contribution in [0, 0.1) is 0 Å². The van der Waals surface area contributed by atoms with Gasteiger partial charge in [0.1, 0.15) is 11.5 Å². The zero-order valence-corrected chi connectivity index (χ0v) is 11.7. The summed E-state index contributed by atoms with van der Waals surface area (Å²) in [5, 5.41) is 12.6. The van der Waals surface area contributed by atoms with Gasteiger partial charge in [0.15, 0.2) is 0 Å². The summed E-state index contributed by atoms with van der Waals surface area (Å²) >= 11 is 0. The second kappa shape index (κ2) is 7.31. The largest absolute Gasteiger partial charge is 0.497 e. The van der Waals surface area contributed by atoms with Crippen LogP contribution in [0.4, 0.5) is 0 Å². The van der Waals surface area contributed by atoms with Gasteiger partial charge >= 0.3 is 0 Å². The lowest BCUT2D eigenvalue weighted by Crippen LogP contribution is -2.26. The highest BCUT2D eigenvalue weighted by Gasteiger charge is 2.08. The van der Waals surface area contributed by atoms with Crippen LogP contribution in [0.1, 0.15) is 17.4 Å². The van der Waals surface area contributed by atoms with Crippen molar-refractivity contribution in [1.29, 1.82) is 0 Å². The van der Waals surface area contributed by atoms with E-state index in [0.717, 1.165) is 5.75 Å². The third-order valence-corrected chi connectivity index (χ3v) is 2.91. The quantitative estimate of drug-likeness (QED) is 0.799. The number of nitrogens with one attached hydrogen (secondary N) is 1. The lowest BCUT2D eigenvalue weighted by molar-refractivity contribution is -0.116. The second-order valence-electron chi connectivity index (χ2n) is 4.38. The first-order valence-electron chi connectivity index (χ1n) is 6.50. The van der Waals surface area contributed by atoms with Gasteiger partial charge in [-0.15, -0.1) is 0 Å². The van der Waals surface area contributed by atoms with E-state index in [0.29, 0.717) is 11.3 Å². The van der Waals surface area contributed by atoms with Gasteiger partial charge in [-0.2, -0.15) is 0 Å². The van der Waals surface area contributed by atoms with Gasteiger partial charge in [0.2, 0.25) is 5.91 Å². The topological polar surface area (TPSA) is 71.7 Å². The summed E-state index contributed by atoms with van der Waals surface area (Å²) < 4.78 is 10.1. The molecular weight excluding hydrogens is 270 g/mol. The second-order valence-corrected chi connectivity index (χ2v) is 4.38. The predicted octanol–water partition coefficient (Wildman–Crippen LogP) is 2.15. The molecule has 0 aliphatic rings. The minimum Gasteiger partial charge on any atom is -0.497 e. The zero-order chi connectivity index (χ0) is 15.1. The molecule has 0 bridgehead atoms. The van der Waals surface area contributed by atoms with Crippen LogP contribution in [0.5, 0.6) is 5.75 Å². The van der Waals surface area contributed by atoms with Crippen LogP contribution in [0.15, 0.2) is 53.2 Å². The number of hydrogen-bond acceptors (Lipinski definition) is 4. The Kier molecular flexibility index (Phi) is 5.17. The van der Waals surface area contributed by atoms with Crippen LogP contribution in [0.25, 0.3) is 6.08 Å². The average Bonchev–Trinajstić information content (AvgIpc) is 3.04. The van der Waals surface area contributed by atoms with Gasteiger partial charge in [0.25, 0.3) is 0 Å². The third-order valence-electron chi connectivity index (χ3n) is 2.91. The molecule has 0 aliphatic heterocycles. The van der Waals surface area contributed by atoms with E-state index in [1.165, 1.54) is 12.3 Å². The van der Waals surface area contributed by atoms with Crippen molar-refractivity contribution in [1.82, 2.24) is 5.32 Å². The number of amides is 1. The lowest BCUT2D eigenvalue weighted by Gasteiger charge is -2.11. The number of aliphatic hydroxyl groups is 1. The number of ether oxygens (including phenoxy) is 1. The molecule has 110 valence electrons. The predicted molar refractivity (Wildman–Crippen MR) is 78.7 cm³/mol. The van der Waals surface area contributed by atoms with Crippen LogP contribution in [0.2, 0.25) is 0 Å². The maximum absolute atomic E-state index is 11.6. The molecule has 1 aromatic carbocycles. The first-order valence-corrected chi connectivity index (χ1v) is 6.50. The molecule has 21 heavy (non-hydrogen) atoms. The highest BCUT2D eigenvalue weighted by molar-refractivity contribution is 5.91. The van der Waals surface area contributed by atoms with Gasteiger partial charge in [-0.1, -0.05) is 12.1 Å². The number of furan rings is 1. The van der Waals surface area contributed by atoms with E-state index >= 15 is 0 Å². The monoisotopic (exact) mass is 287 g/mol. The first-order chi connectivity index (χ1) is 10.2. The molecule has 0 spiro atoms. The van der Waals surface area contributed by atoms with Crippen LogP contribution < -0.4 is 10.1 Å². The smallest absolute Gasteiger partial charge is 0.244 e. The zero-order valence-electron chi connectivity index (χ0n) is 11.7. The number of aliphatic hydroxyl groups excluding tert-OH is 1. The summed E-state index contributed by atoms with van der Waals surface area (Å²) in [4.78, 5) is 11.6. The molecule has 0 radical (unpaired) electrons. The Labute approximate surface area is 122 Å². The van der Waals surface area contributed by atoms with Gasteiger partial charge < -0.3 is 19.6 Å². The van der Waals surface area contributed by atoms with Crippen molar-refractivity contribution in [3.05, 3.63) is 60.1 Å². The fraction of sp³-hybridized carbons (Fsp3) is 0.188. The molecule has 1 heterocycles. The standard InChI is InChI=1S/C16H17NO4/c1-20-13-6-4-12(5-7-13)15(18)11-17-16(19)9-8-14-3-2-10-21-14/h2-10,15,18H,11H2,1H3,(H,17,19)/b9-8+. The Morgan fingerprint density at radius 2 is 2.14 bits per heavy atom. The van der Waals surface area contributed by atoms with E-state index in [1.54, 1.807) is 49.6 Å². The minimum absolute atomic E-state index is 0.133. The van der Waals surface area contributed by atoms with E-state index in [4.69, 9.17) is 9.15 Å². The Bertz CT molecular complexity index is 587. The highest BCUT2D eigenvalue weighted by Crippen LogP contribution is 2.16. The molecule has 5 heteroatoms. The molecule has 1 atom stereocenters. The Morgan fingerprint density at radius 1 is 1.38 bits per heavy atom. The van der Waals surface area contributed by atoms with Gasteiger partial charge in [-0.05, 0) is 35.9 Å². The van der Waals surface area contributed by atoms with Gasteiger partial charge in [0, 0.05) is 12.6 Å². The Balaban J connectivity index is 1.82. The summed E-state index contributed by atoms with van der Waals surface area (Å²) in [6.07, 6.45) is 3.69. The fourth-order valence-electron chi connectivity index (χ4n) is 1.74. The molecule has 0 saturated carbocycles. The molecule has 0 saturated heterocycles. The molecule has 1 amide bonds. The summed E-state index contributed by atoms with van der Waals surface area (Å²) in [6, 6.07) is 10.5. The van der Waals surface area contributed by atoms with Gasteiger partial charge in [-0.25, -0.2) is 0 Å². The number of hydrogen-bond donors (Lipinski definition) is 2. The molecule has 1 unspecified atom stereocenters. The highest BCUT2D eigenvalue weighted by atomic mass is 16.5. The normalized spacial score (nSPS) is 12.3. The van der Waals surface area contributed by atoms with E-state index in [9.17, 15) is 9.90 Å². The minimum atomic E-state index is -0.767. The van der Waals surface area contributed by atoms with Crippen LogP contribution in [-0.2, 0) is 4.79 Å². The third kappa shape index (κ3) is 4.50. The van der Waals surface area contributed by atoms with Crippen molar-refractivity contribution >= 4 is 12.0 Å². The summed E-state index contributed by atoms with van der Waals surface area (Å²) in [7, 11) is 1.58. The number of carbonyl (C=O) groups excluding carboxylic acids is 1. The van der Waals surface area contributed by atoms with Crippen molar-refractivity contribution in [3.8, 4) is 5.75 Å². The maximum Gasteiger partial charge on any atom is 0.244 e. The van der Waals surface area contributed by atoms with Gasteiger partial charge in [0.05, 0.1) is 19.5 Å². The van der Waals surface area contributed by atoms with E-state index in [2.05, 4.69) is 5.32 Å². The summed E-state index contributed by atoms with van der Waals surface area (Å²) in [5.74, 6) is 1.02. The molecule has 5 nitrogen and oxygen atoms in total. The first kappa shape index (κ1) is 14.9. The molecule has 0 aliphatic carbocycles. The van der Waals surface area contributed by atoms with Crippen molar-refractivity contribution in [2.24, 2.45) is 0 Å². The molecule has 2 aromatic rings. The summed E-state index contributed by atoms with van der Waals surface area (Å²) in [6.45, 7) is 0.133.